The molecule has 1 N–H and O–H groups in total. The summed E-state index contributed by atoms with van der Waals surface area (Å²) in [7, 11) is 1.91. The second-order valence-corrected chi connectivity index (χ2v) is 8.08. The molecule has 0 saturated carbocycles. The monoisotopic (exact) mass is 426 g/mol. The van der Waals surface area contributed by atoms with Crippen molar-refractivity contribution in [3.63, 3.8) is 0 Å². The van der Waals surface area contributed by atoms with Crippen LogP contribution in [0.1, 0.15) is 17.1 Å². The van der Waals surface area contributed by atoms with E-state index in [1.165, 1.54) is 11.8 Å². The fraction of sp³-hybridized carbons (Fsp3) is 0.190. The van der Waals surface area contributed by atoms with Crippen molar-refractivity contribution in [2.75, 3.05) is 0 Å². The maximum Gasteiger partial charge on any atom is 0.191 e. The van der Waals surface area contributed by atoms with Crippen LogP contribution in [0, 0.1) is 6.92 Å². The molecule has 2 aromatic carbocycles. The Morgan fingerprint density at radius 2 is 2.03 bits per heavy atom. The average molecular weight is 427 g/mol. The third-order valence-corrected chi connectivity index (χ3v) is 5.79. The molecule has 2 aromatic heterocycles. The lowest BCUT2D eigenvalue weighted by atomic mass is 10.2. The highest BCUT2D eigenvalue weighted by molar-refractivity contribution is 7.98. The zero-order valence-electron chi connectivity index (χ0n) is 16.0. The SMILES string of the molecule is Cc1cccc(OCc2nnc(SCc3cc(=O)c4cc(Cl)ccc4[nH]3)n2C)c1. The van der Waals surface area contributed by atoms with Crippen LogP contribution in [0.5, 0.6) is 5.75 Å². The van der Waals surface area contributed by atoms with Crippen molar-refractivity contribution in [3.05, 3.63) is 80.9 Å². The van der Waals surface area contributed by atoms with Gasteiger partial charge >= 0.3 is 0 Å². The molecule has 0 bridgehead atoms. The molecule has 0 atom stereocenters. The largest absolute Gasteiger partial charge is 0.486 e. The molecule has 148 valence electrons. The van der Waals surface area contributed by atoms with Crippen molar-refractivity contribution in [1.29, 1.82) is 0 Å². The minimum atomic E-state index is -0.0536. The summed E-state index contributed by atoms with van der Waals surface area (Å²) < 4.78 is 7.71. The molecule has 0 aliphatic carbocycles. The van der Waals surface area contributed by atoms with E-state index in [4.69, 9.17) is 16.3 Å². The number of thioether (sulfide) groups is 1. The Balaban J connectivity index is 1.45. The molecule has 0 radical (unpaired) electrons. The quantitative estimate of drug-likeness (QED) is 0.460. The standard InChI is InChI=1S/C21H19ClN4O2S/c1-13-4-3-5-16(8-13)28-11-20-24-25-21(26(20)2)29-12-15-10-19(27)17-9-14(22)6-7-18(17)23-15/h3-10H,11-12H2,1-2H3,(H,23,27). The number of H-pyrrole nitrogens is 1. The third kappa shape index (κ3) is 4.46. The zero-order valence-corrected chi connectivity index (χ0v) is 17.5. The molecular weight excluding hydrogens is 408 g/mol. The van der Waals surface area contributed by atoms with Crippen LogP contribution in [0.2, 0.25) is 5.02 Å². The third-order valence-electron chi connectivity index (χ3n) is 4.49. The zero-order chi connectivity index (χ0) is 20.4. The maximum atomic E-state index is 12.3. The van der Waals surface area contributed by atoms with Gasteiger partial charge in [-0.2, -0.15) is 0 Å². The first-order chi connectivity index (χ1) is 14.0. The molecule has 29 heavy (non-hydrogen) atoms. The lowest BCUT2D eigenvalue weighted by Crippen LogP contribution is -2.05. The Hall–Kier alpha value is -2.77. The molecule has 0 aliphatic heterocycles. The van der Waals surface area contributed by atoms with E-state index >= 15 is 0 Å². The minimum Gasteiger partial charge on any atom is -0.486 e. The molecule has 0 saturated heterocycles. The van der Waals surface area contributed by atoms with Crippen molar-refractivity contribution in [2.24, 2.45) is 7.05 Å². The highest BCUT2D eigenvalue weighted by atomic mass is 35.5. The van der Waals surface area contributed by atoms with Crippen LogP contribution in [0.3, 0.4) is 0 Å². The van der Waals surface area contributed by atoms with Gasteiger partial charge in [-0.1, -0.05) is 35.5 Å². The Morgan fingerprint density at radius 1 is 1.17 bits per heavy atom. The number of aromatic nitrogens is 4. The highest BCUT2D eigenvalue weighted by Gasteiger charge is 2.11. The van der Waals surface area contributed by atoms with Gasteiger partial charge in [-0.25, -0.2) is 0 Å². The summed E-state index contributed by atoms with van der Waals surface area (Å²) >= 11 is 7.48. The number of fused-ring (bicyclic) bond motifs is 1. The fourth-order valence-electron chi connectivity index (χ4n) is 2.94. The van der Waals surface area contributed by atoms with Crippen molar-refractivity contribution in [1.82, 2.24) is 19.7 Å². The Bertz CT molecular complexity index is 1240. The molecule has 0 spiro atoms. The lowest BCUT2D eigenvalue weighted by molar-refractivity contribution is 0.290. The second-order valence-electron chi connectivity index (χ2n) is 6.70. The number of nitrogens with one attached hydrogen (secondary N) is 1. The molecule has 4 rings (SSSR count). The summed E-state index contributed by atoms with van der Waals surface area (Å²) in [5, 5.41) is 10.4. The van der Waals surface area contributed by atoms with Gasteiger partial charge in [0.05, 0.1) is 0 Å². The van der Waals surface area contributed by atoms with Crippen molar-refractivity contribution >= 4 is 34.3 Å². The van der Waals surface area contributed by atoms with E-state index in [9.17, 15) is 4.79 Å². The smallest absolute Gasteiger partial charge is 0.191 e. The van der Waals surface area contributed by atoms with Gasteiger partial charge in [0.25, 0.3) is 0 Å². The first-order valence-corrected chi connectivity index (χ1v) is 10.4. The van der Waals surface area contributed by atoms with E-state index in [1.54, 1.807) is 18.2 Å². The Labute approximate surface area is 176 Å². The summed E-state index contributed by atoms with van der Waals surface area (Å²) in [6.45, 7) is 2.36. The van der Waals surface area contributed by atoms with Gasteiger partial charge in [-0.05, 0) is 42.8 Å². The number of pyridine rings is 1. The van der Waals surface area contributed by atoms with Crippen molar-refractivity contribution in [3.8, 4) is 5.75 Å². The van der Waals surface area contributed by atoms with Gasteiger partial charge in [0.2, 0.25) is 0 Å². The maximum absolute atomic E-state index is 12.3. The van der Waals surface area contributed by atoms with Gasteiger partial charge in [-0.15, -0.1) is 10.2 Å². The van der Waals surface area contributed by atoms with E-state index in [-0.39, 0.29) is 5.43 Å². The summed E-state index contributed by atoms with van der Waals surface area (Å²) in [5.74, 6) is 2.10. The fourth-order valence-corrected chi connectivity index (χ4v) is 3.95. The number of benzene rings is 2. The van der Waals surface area contributed by atoms with Crippen LogP contribution in [-0.2, 0) is 19.4 Å². The summed E-state index contributed by atoms with van der Waals surface area (Å²) in [6.07, 6.45) is 0. The van der Waals surface area contributed by atoms with Crippen LogP contribution >= 0.6 is 23.4 Å². The van der Waals surface area contributed by atoms with Crippen molar-refractivity contribution < 1.29 is 4.74 Å². The van der Waals surface area contributed by atoms with Crippen LogP contribution in [0.15, 0.2) is 58.5 Å². The second kappa shape index (κ2) is 8.31. The molecule has 0 unspecified atom stereocenters. The Kier molecular flexibility index (Phi) is 5.60. The van der Waals surface area contributed by atoms with Crippen LogP contribution < -0.4 is 10.2 Å². The van der Waals surface area contributed by atoms with Crippen LogP contribution in [0.4, 0.5) is 0 Å². The predicted octanol–water partition coefficient (Wildman–Crippen LogP) is 4.49. The van der Waals surface area contributed by atoms with Gasteiger partial charge in [0.15, 0.2) is 16.4 Å². The average Bonchev–Trinajstić information content (AvgIpc) is 3.05. The molecule has 8 heteroatoms. The molecule has 0 amide bonds. The molecule has 2 heterocycles. The normalized spacial score (nSPS) is 11.1. The van der Waals surface area contributed by atoms with E-state index < -0.39 is 0 Å². The molecule has 6 nitrogen and oxygen atoms in total. The lowest BCUT2D eigenvalue weighted by Gasteiger charge is -2.07. The number of hydrogen-bond acceptors (Lipinski definition) is 5. The van der Waals surface area contributed by atoms with Gasteiger partial charge < -0.3 is 14.3 Å². The number of aryl methyl sites for hydroxylation is 1. The first kappa shape index (κ1) is 19.5. The van der Waals surface area contributed by atoms with Gasteiger partial charge in [-0.3, -0.25) is 4.79 Å². The van der Waals surface area contributed by atoms with E-state index in [0.717, 1.165) is 33.5 Å². The van der Waals surface area contributed by atoms with Crippen LogP contribution in [0.25, 0.3) is 10.9 Å². The molecule has 4 aromatic rings. The topological polar surface area (TPSA) is 72.8 Å². The molecule has 0 aliphatic rings. The molecule has 0 fully saturated rings. The van der Waals surface area contributed by atoms with Gasteiger partial charge in [0, 0.05) is 40.5 Å². The van der Waals surface area contributed by atoms with Gasteiger partial charge in [0.1, 0.15) is 12.4 Å². The van der Waals surface area contributed by atoms with E-state index in [0.29, 0.717) is 22.8 Å². The number of rotatable bonds is 6. The first-order valence-electron chi connectivity index (χ1n) is 9.01. The number of hydrogen-bond donors (Lipinski definition) is 1. The van der Waals surface area contributed by atoms with E-state index in [1.807, 2.05) is 48.9 Å². The summed E-state index contributed by atoms with van der Waals surface area (Å²) in [6, 6.07) is 14.7. The Morgan fingerprint density at radius 3 is 2.86 bits per heavy atom. The van der Waals surface area contributed by atoms with E-state index in [2.05, 4.69) is 15.2 Å². The summed E-state index contributed by atoms with van der Waals surface area (Å²) in [4.78, 5) is 15.6. The van der Waals surface area contributed by atoms with Crippen LogP contribution in [-0.4, -0.2) is 19.7 Å². The number of halogens is 1. The van der Waals surface area contributed by atoms with Crippen molar-refractivity contribution in [2.45, 2.75) is 24.4 Å². The minimum absolute atomic E-state index is 0.0536. The number of nitrogens with zero attached hydrogens (tertiary/aromatic N) is 3. The number of aromatic amines is 1. The molecular formula is C21H19ClN4O2S. The summed E-state index contributed by atoms with van der Waals surface area (Å²) in [5.41, 5.74) is 2.67. The number of ether oxygens (including phenoxy) is 1. The predicted molar refractivity (Wildman–Crippen MR) is 116 cm³/mol. The highest BCUT2D eigenvalue weighted by Crippen LogP contribution is 2.22.